The standard InChI is InChI=1S/C21H21N3O2S2/c1-14(25)22-15-4-6-16(7-5-15)23-20(26)13-24-10-8-18-17(9-12-28-18)21(24)19-3-2-11-27-19/h2-7,9,11-12,21H,8,10,13H2,1H3,(H,22,25)(H,23,26)/p+1/t21-/m1/s1. The maximum atomic E-state index is 12.7. The van der Waals surface area contributed by atoms with Gasteiger partial charge in [0.05, 0.1) is 11.4 Å². The zero-order valence-electron chi connectivity index (χ0n) is 15.5. The maximum absolute atomic E-state index is 12.7. The Hall–Kier alpha value is -2.48. The second-order valence-electron chi connectivity index (χ2n) is 6.89. The number of benzene rings is 1. The van der Waals surface area contributed by atoms with E-state index < -0.39 is 0 Å². The zero-order chi connectivity index (χ0) is 19.5. The molecule has 1 unspecified atom stereocenters. The van der Waals surface area contributed by atoms with Crippen molar-refractivity contribution in [3.63, 3.8) is 0 Å². The van der Waals surface area contributed by atoms with Gasteiger partial charge in [-0.1, -0.05) is 6.07 Å². The van der Waals surface area contributed by atoms with Gasteiger partial charge in [-0.3, -0.25) is 9.59 Å². The van der Waals surface area contributed by atoms with E-state index in [0.717, 1.165) is 24.3 Å². The number of quaternary nitrogens is 1. The number of carbonyl (C=O) groups excluding carboxylic acids is 2. The molecule has 3 N–H and O–H groups in total. The lowest BCUT2D eigenvalue weighted by molar-refractivity contribution is -0.919. The van der Waals surface area contributed by atoms with Gasteiger partial charge in [0.1, 0.15) is 6.04 Å². The number of hydrogen-bond donors (Lipinski definition) is 3. The molecule has 7 heteroatoms. The molecule has 28 heavy (non-hydrogen) atoms. The maximum Gasteiger partial charge on any atom is 0.279 e. The van der Waals surface area contributed by atoms with Crippen molar-refractivity contribution in [2.45, 2.75) is 19.4 Å². The summed E-state index contributed by atoms with van der Waals surface area (Å²) in [4.78, 5) is 27.9. The third kappa shape index (κ3) is 4.16. The monoisotopic (exact) mass is 412 g/mol. The number of carbonyl (C=O) groups is 2. The van der Waals surface area contributed by atoms with Crippen LogP contribution in [0.3, 0.4) is 0 Å². The van der Waals surface area contributed by atoms with Crippen LogP contribution in [0.15, 0.2) is 53.2 Å². The van der Waals surface area contributed by atoms with Crippen molar-refractivity contribution < 1.29 is 14.5 Å². The van der Waals surface area contributed by atoms with Crippen molar-refractivity contribution >= 4 is 45.9 Å². The van der Waals surface area contributed by atoms with E-state index in [-0.39, 0.29) is 17.9 Å². The van der Waals surface area contributed by atoms with E-state index in [2.05, 4.69) is 39.6 Å². The second-order valence-corrected chi connectivity index (χ2v) is 8.87. The summed E-state index contributed by atoms with van der Waals surface area (Å²) in [6.07, 6.45) is 1.02. The summed E-state index contributed by atoms with van der Waals surface area (Å²) in [5.74, 6) is -0.111. The Balaban J connectivity index is 1.45. The Morgan fingerprint density at radius 1 is 1.04 bits per heavy atom. The van der Waals surface area contributed by atoms with E-state index in [1.54, 1.807) is 23.5 Å². The Morgan fingerprint density at radius 2 is 1.79 bits per heavy atom. The minimum absolute atomic E-state index is 0.00233. The molecule has 4 rings (SSSR count). The lowest BCUT2D eigenvalue weighted by atomic mass is 9.98. The van der Waals surface area contributed by atoms with Gasteiger partial charge in [0, 0.05) is 35.2 Å². The van der Waals surface area contributed by atoms with Gasteiger partial charge in [-0.2, -0.15) is 0 Å². The first-order valence-corrected chi connectivity index (χ1v) is 11.0. The van der Waals surface area contributed by atoms with Crippen LogP contribution >= 0.6 is 22.7 Å². The molecule has 2 amide bonds. The predicted octanol–water partition coefficient (Wildman–Crippen LogP) is 2.94. The molecule has 1 aliphatic rings. The van der Waals surface area contributed by atoms with Crippen LogP contribution in [0.25, 0.3) is 0 Å². The van der Waals surface area contributed by atoms with Crippen LogP contribution in [0.1, 0.15) is 28.3 Å². The fourth-order valence-electron chi connectivity index (χ4n) is 3.70. The zero-order valence-corrected chi connectivity index (χ0v) is 17.2. The molecule has 5 nitrogen and oxygen atoms in total. The lowest BCUT2D eigenvalue weighted by Gasteiger charge is -2.31. The van der Waals surface area contributed by atoms with E-state index in [1.165, 1.54) is 27.1 Å². The molecule has 0 aliphatic carbocycles. The number of thiophene rings is 2. The van der Waals surface area contributed by atoms with Crippen molar-refractivity contribution in [1.82, 2.24) is 0 Å². The molecular formula is C21H22N3O2S2+. The topological polar surface area (TPSA) is 62.6 Å². The van der Waals surface area contributed by atoms with Crippen LogP contribution in [-0.2, 0) is 16.0 Å². The van der Waals surface area contributed by atoms with E-state index in [9.17, 15) is 9.59 Å². The molecule has 2 atom stereocenters. The third-order valence-electron chi connectivity index (χ3n) is 4.88. The van der Waals surface area contributed by atoms with E-state index >= 15 is 0 Å². The van der Waals surface area contributed by atoms with Crippen molar-refractivity contribution in [3.8, 4) is 0 Å². The van der Waals surface area contributed by atoms with Gasteiger partial charge in [-0.15, -0.1) is 22.7 Å². The van der Waals surface area contributed by atoms with Gasteiger partial charge in [0.2, 0.25) is 5.91 Å². The van der Waals surface area contributed by atoms with Gasteiger partial charge < -0.3 is 15.5 Å². The highest BCUT2D eigenvalue weighted by atomic mass is 32.1. The average Bonchev–Trinajstić information content (AvgIpc) is 3.34. The molecule has 0 spiro atoms. The number of nitrogens with one attached hydrogen (secondary N) is 3. The quantitative estimate of drug-likeness (QED) is 0.603. The van der Waals surface area contributed by atoms with E-state index in [0.29, 0.717) is 6.54 Å². The molecule has 1 aromatic carbocycles. The highest BCUT2D eigenvalue weighted by Crippen LogP contribution is 2.31. The Labute approximate surface area is 172 Å². The molecule has 1 aliphatic heterocycles. The smallest absolute Gasteiger partial charge is 0.279 e. The summed E-state index contributed by atoms with van der Waals surface area (Å²) in [5, 5.41) is 9.97. The molecule has 3 heterocycles. The fourth-order valence-corrected chi connectivity index (χ4v) is 5.52. The Kier molecular flexibility index (Phi) is 5.57. The minimum atomic E-state index is -0.113. The van der Waals surface area contributed by atoms with Crippen LogP contribution in [0, 0.1) is 0 Å². The van der Waals surface area contributed by atoms with Crippen LogP contribution in [0.5, 0.6) is 0 Å². The van der Waals surface area contributed by atoms with Crippen molar-refractivity contribution in [2.24, 2.45) is 0 Å². The number of fused-ring (bicyclic) bond motifs is 1. The lowest BCUT2D eigenvalue weighted by Crippen LogP contribution is -3.14. The molecule has 2 aromatic heterocycles. The molecular weight excluding hydrogens is 390 g/mol. The van der Waals surface area contributed by atoms with Gasteiger partial charge >= 0.3 is 0 Å². The highest BCUT2D eigenvalue weighted by molar-refractivity contribution is 7.10. The molecule has 144 valence electrons. The summed E-state index contributed by atoms with van der Waals surface area (Å²) in [6.45, 7) is 2.84. The first-order chi connectivity index (χ1) is 13.6. The highest BCUT2D eigenvalue weighted by Gasteiger charge is 2.35. The van der Waals surface area contributed by atoms with E-state index in [4.69, 9.17) is 0 Å². The Morgan fingerprint density at radius 3 is 2.46 bits per heavy atom. The van der Waals surface area contributed by atoms with E-state index in [1.807, 2.05) is 23.5 Å². The first-order valence-electron chi connectivity index (χ1n) is 9.22. The van der Waals surface area contributed by atoms with Crippen molar-refractivity contribution in [2.75, 3.05) is 23.7 Å². The largest absolute Gasteiger partial charge is 0.326 e. The van der Waals surface area contributed by atoms with Gasteiger partial charge in [0.25, 0.3) is 5.91 Å². The van der Waals surface area contributed by atoms with Gasteiger partial charge in [-0.05, 0) is 47.2 Å². The molecule has 0 radical (unpaired) electrons. The summed E-state index contributed by atoms with van der Waals surface area (Å²) in [6, 6.07) is 13.9. The molecule has 0 fully saturated rings. The predicted molar refractivity (Wildman–Crippen MR) is 114 cm³/mol. The normalized spacial score (nSPS) is 18.3. The summed E-state index contributed by atoms with van der Waals surface area (Å²) < 4.78 is 0. The van der Waals surface area contributed by atoms with Crippen LogP contribution in [0.2, 0.25) is 0 Å². The molecule has 3 aromatic rings. The van der Waals surface area contributed by atoms with Gasteiger partial charge in [0.15, 0.2) is 6.54 Å². The second kappa shape index (κ2) is 8.26. The SMILES string of the molecule is CC(=O)Nc1ccc(NC(=O)C[NH+]2CCc3sccc3[C@@H]2c2cccs2)cc1. The number of anilines is 2. The molecule has 0 bridgehead atoms. The average molecular weight is 413 g/mol. The van der Waals surface area contributed by atoms with Gasteiger partial charge in [-0.25, -0.2) is 0 Å². The third-order valence-corrected chi connectivity index (χ3v) is 6.81. The van der Waals surface area contributed by atoms with Crippen molar-refractivity contribution in [1.29, 1.82) is 0 Å². The minimum Gasteiger partial charge on any atom is -0.326 e. The number of hydrogen-bond acceptors (Lipinski definition) is 4. The summed E-state index contributed by atoms with van der Waals surface area (Å²) in [7, 11) is 0. The van der Waals surface area contributed by atoms with Crippen LogP contribution in [-0.4, -0.2) is 24.9 Å². The fraction of sp³-hybridized carbons (Fsp3) is 0.238. The summed E-state index contributed by atoms with van der Waals surface area (Å²) >= 11 is 3.57. The Bertz CT molecular complexity index is 964. The van der Waals surface area contributed by atoms with Crippen LogP contribution < -0.4 is 15.5 Å². The molecule has 0 saturated heterocycles. The number of rotatable bonds is 5. The molecule has 0 saturated carbocycles. The number of amides is 2. The van der Waals surface area contributed by atoms with Crippen LogP contribution in [0.4, 0.5) is 11.4 Å². The summed E-state index contributed by atoms with van der Waals surface area (Å²) in [5.41, 5.74) is 2.82. The first kappa shape index (κ1) is 18.9. The van der Waals surface area contributed by atoms with Crippen molar-refractivity contribution in [3.05, 3.63) is 68.5 Å².